The van der Waals surface area contributed by atoms with E-state index >= 15 is 0 Å². The number of rotatable bonds is 7. The lowest BCUT2D eigenvalue weighted by atomic mass is 10.2. The number of methoxy groups -OCH3 is 1. The summed E-state index contributed by atoms with van der Waals surface area (Å²) in [4.78, 5) is 15.0. The fraction of sp³-hybridized carbons (Fsp3) is 0.333. The Morgan fingerprint density at radius 2 is 2.16 bits per heavy atom. The number of carbonyl (C=O) groups is 1. The van der Waals surface area contributed by atoms with Crippen LogP contribution in [0.1, 0.15) is 16.9 Å². The number of aromatic nitrogens is 2. The van der Waals surface area contributed by atoms with Crippen molar-refractivity contribution >= 4 is 27.3 Å². The summed E-state index contributed by atoms with van der Waals surface area (Å²) in [5.41, 5.74) is 1.44. The normalized spacial score (nSPS) is 17.7. The molecule has 8 nitrogen and oxygen atoms in total. The van der Waals surface area contributed by atoms with E-state index in [1.54, 1.807) is 52.2 Å². The summed E-state index contributed by atoms with van der Waals surface area (Å²) in [6.45, 7) is 0.567. The number of halogens is 1. The summed E-state index contributed by atoms with van der Waals surface area (Å²) in [7, 11) is -1.62. The molecule has 3 heterocycles. The molecule has 0 aliphatic carbocycles. The first-order chi connectivity index (χ1) is 14.9. The van der Waals surface area contributed by atoms with Crippen LogP contribution in [0.3, 0.4) is 0 Å². The van der Waals surface area contributed by atoms with Crippen LogP contribution in [0.2, 0.25) is 5.02 Å². The van der Waals surface area contributed by atoms with Gasteiger partial charge in [0.15, 0.2) is 21.3 Å². The molecule has 164 valence electrons. The van der Waals surface area contributed by atoms with Crippen molar-refractivity contribution in [3.63, 3.8) is 0 Å². The summed E-state index contributed by atoms with van der Waals surface area (Å²) >= 11 is 6.15. The summed E-state index contributed by atoms with van der Waals surface area (Å²) in [6.07, 6.45) is 1.94. The Labute approximate surface area is 185 Å². The molecular weight excluding hydrogens is 442 g/mol. The molecule has 3 aromatic rings. The van der Waals surface area contributed by atoms with E-state index in [1.165, 1.54) is 7.11 Å². The van der Waals surface area contributed by atoms with Gasteiger partial charge in [0.25, 0.3) is 5.91 Å². The Kier molecular flexibility index (Phi) is 6.17. The van der Waals surface area contributed by atoms with E-state index in [2.05, 4.69) is 5.10 Å². The predicted molar refractivity (Wildman–Crippen MR) is 116 cm³/mol. The van der Waals surface area contributed by atoms with Gasteiger partial charge in [0.05, 0.1) is 30.1 Å². The van der Waals surface area contributed by atoms with Gasteiger partial charge in [-0.1, -0.05) is 17.7 Å². The number of hydrogen-bond acceptors (Lipinski definition) is 6. The van der Waals surface area contributed by atoms with E-state index in [4.69, 9.17) is 20.8 Å². The summed E-state index contributed by atoms with van der Waals surface area (Å²) in [5, 5.41) is 5.06. The third kappa shape index (κ3) is 4.68. The summed E-state index contributed by atoms with van der Waals surface area (Å²) in [5.74, 6) is 0.206. The van der Waals surface area contributed by atoms with Gasteiger partial charge in [0.2, 0.25) is 0 Å². The largest absolute Gasteiger partial charge is 0.463 e. The molecule has 1 aliphatic rings. The number of furan rings is 1. The van der Waals surface area contributed by atoms with E-state index in [0.717, 1.165) is 0 Å². The lowest BCUT2D eigenvalue weighted by molar-refractivity contribution is 0.0618. The summed E-state index contributed by atoms with van der Waals surface area (Å²) in [6, 6.07) is 11.9. The molecule has 2 aromatic heterocycles. The minimum absolute atomic E-state index is 0.0531. The van der Waals surface area contributed by atoms with Gasteiger partial charge in [-0.3, -0.25) is 4.79 Å². The highest BCUT2D eigenvalue weighted by atomic mass is 35.5. The topological polar surface area (TPSA) is 94.6 Å². The van der Waals surface area contributed by atoms with Crippen LogP contribution in [0.25, 0.3) is 17.1 Å². The van der Waals surface area contributed by atoms with Gasteiger partial charge in [-0.2, -0.15) is 5.10 Å². The van der Waals surface area contributed by atoms with Gasteiger partial charge < -0.3 is 14.1 Å². The first kappa shape index (κ1) is 21.6. The molecule has 1 aromatic carbocycles. The molecule has 0 saturated carbocycles. The van der Waals surface area contributed by atoms with Gasteiger partial charge in [-0.15, -0.1) is 0 Å². The molecule has 1 aliphatic heterocycles. The molecule has 1 amide bonds. The lowest BCUT2D eigenvalue weighted by Gasteiger charge is -2.27. The molecule has 1 atom stereocenters. The van der Waals surface area contributed by atoms with Crippen molar-refractivity contribution in [2.24, 2.45) is 0 Å². The number of nitrogens with zero attached hydrogens (tertiary/aromatic N) is 3. The van der Waals surface area contributed by atoms with Crippen LogP contribution in [0.15, 0.2) is 53.1 Å². The van der Waals surface area contributed by atoms with E-state index in [1.807, 2.05) is 6.07 Å². The number of amides is 1. The molecule has 0 N–H and O–H groups in total. The van der Waals surface area contributed by atoms with Gasteiger partial charge >= 0.3 is 0 Å². The first-order valence-corrected chi connectivity index (χ1v) is 12.0. The van der Waals surface area contributed by atoms with Crippen molar-refractivity contribution in [1.82, 2.24) is 14.7 Å². The molecule has 0 radical (unpaired) electrons. The van der Waals surface area contributed by atoms with Crippen LogP contribution in [0, 0.1) is 0 Å². The molecule has 4 rings (SSSR count). The lowest BCUT2D eigenvalue weighted by Crippen LogP contribution is -2.43. The zero-order valence-corrected chi connectivity index (χ0v) is 18.5. The van der Waals surface area contributed by atoms with Crippen molar-refractivity contribution in [3.8, 4) is 17.1 Å². The van der Waals surface area contributed by atoms with Crippen LogP contribution < -0.4 is 0 Å². The second-order valence-corrected chi connectivity index (χ2v) is 10.00. The molecule has 1 saturated heterocycles. The monoisotopic (exact) mass is 463 g/mol. The van der Waals surface area contributed by atoms with Crippen molar-refractivity contribution in [2.75, 3.05) is 31.8 Å². The summed E-state index contributed by atoms with van der Waals surface area (Å²) < 4.78 is 36.3. The van der Waals surface area contributed by atoms with Crippen molar-refractivity contribution in [3.05, 3.63) is 59.4 Å². The van der Waals surface area contributed by atoms with Crippen LogP contribution >= 0.6 is 11.6 Å². The molecule has 1 unspecified atom stereocenters. The minimum atomic E-state index is -3.16. The number of benzene rings is 1. The standard InChI is InChI=1S/C21H22ClN3O5S/c1-29-10-8-24(17-7-11-31(27,28)14-17)21(26)18-13-19(20-6-3-9-30-20)25(23-18)16-5-2-4-15(22)12-16/h2-6,9,12-13,17H,7-8,10-11,14H2,1H3. The van der Waals surface area contributed by atoms with Gasteiger partial charge in [-0.05, 0) is 36.8 Å². The number of hydrogen-bond donors (Lipinski definition) is 0. The maximum absolute atomic E-state index is 13.4. The predicted octanol–water partition coefficient (Wildman–Crippen LogP) is 3.06. The quantitative estimate of drug-likeness (QED) is 0.534. The average Bonchev–Trinajstić information content (AvgIpc) is 3.47. The highest BCUT2D eigenvalue weighted by Crippen LogP contribution is 2.27. The van der Waals surface area contributed by atoms with Gasteiger partial charge in [0, 0.05) is 30.8 Å². The molecule has 0 spiro atoms. The zero-order chi connectivity index (χ0) is 22.0. The van der Waals surface area contributed by atoms with Crippen molar-refractivity contribution in [1.29, 1.82) is 0 Å². The second-order valence-electron chi connectivity index (χ2n) is 7.33. The van der Waals surface area contributed by atoms with Gasteiger partial charge in [-0.25, -0.2) is 13.1 Å². The smallest absolute Gasteiger partial charge is 0.274 e. The minimum Gasteiger partial charge on any atom is -0.463 e. The average molecular weight is 464 g/mol. The second kappa shape index (κ2) is 8.86. The first-order valence-electron chi connectivity index (χ1n) is 9.78. The Balaban J connectivity index is 1.73. The Hall–Kier alpha value is -2.62. The van der Waals surface area contributed by atoms with E-state index in [9.17, 15) is 13.2 Å². The van der Waals surface area contributed by atoms with E-state index in [0.29, 0.717) is 35.2 Å². The van der Waals surface area contributed by atoms with Crippen LogP contribution in [-0.4, -0.2) is 66.8 Å². The SMILES string of the molecule is COCCN(C(=O)c1cc(-c2ccco2)n(-c2cccc(Cl)c2)n1)C1CCS(=O)(=O)C1. The Morgan fingerprint density at radius 3 is 2.81 bits per heavy atom. The van der Waals surface area contributed by atoms with Crippen molar-refractivity contribution < 1.29 is 22.4 Å². The fourth-order valence-corrected chi connectivity index (χ4v) is 5.61. The highest BCUT2D eigenvalue weighted by Gasteiger charge is 2.36. The fourth-order valence-electron chi connectivity index (χ4n) is 3.70. The molecule has 10 heteroatoms. The molecule has 31 heavy (non-hydrogen) atoms. The number of ether oxygens (including phenoxy) is 1. The third-order valence-corrected chi connectivity index (χ3v) is 7.19. The number of carbonyl (C=O) groups excluding carboxylic acids is 1. The molecule has 0 bridgehead atoms. The van der Waals surface area contributed by atoms with Crippen molar-refractivity contribution in [2.45, 2.75) is 12.5 Å². The van der Waals surface area contributed by atoms with Gasteiger partial charge in [0.1, 0.15) is 5.69 Å². The van der Waals surface area contributed by atoms with E-state index in [-0.39, 0.29) is 29.7 Å². The van der Waals surface area contributed by atoms with E-state index < -0.39 is 15.9 Å². The maximum atomic E-state index is 13.4. The highest BCUT2D eigenvalue weighted by molar-refractivity contribution is 7.91. The van der Waals surface area contributed by atoms with Crippen LogP contribution in [-0.2, 0) is 14.6 Å². The number of sulfone groups is 1. The Morgan fingerprint density at radius 1 is 1.32 bits per heavy atom. The van der Waals surface area contributed by atoms with Crippen LogP contribution in [0.5, 0.6) is 0 Å². The molecular formula is C21H22ClN3O5S. The maximum Gasteiger partial charge on any atom is 0.274 e. The third-order valence-electron chi connectivity index (χ3n) is 5.20. The Bertz CT molecular complexity index is 1170. The zero-order valence-electron chi connectivity index (χ0n) is 16.9. The molecule has 1 fully saturated rings. The van der Waals surface area contributed by atoms with Crippen LogP contribution in [0.4, 0.5) is 0 Å².